The number of ketones is 1. The first kappa shape index (κ1) is 28.7. The van der Waals surface area contributed by atoms with Crippen molar-refractivity contribution in [2.75, 3.05) is 14.2 Å². The molecule has 11 nitrogen and oxygen atoms in total. The molecule has 0 spiro atoms. The second-order valence-corrected chi connectivity index (χ2v) is 8.08. The van der Waals surface area contributed by atoms with E-state index in [2.05, 4.69) is 41.8 Å². The van der Waals surface area contributed by atoms with Gasteiger partial charge in [0.2, 0.25) is 16.4 Å². The molecule has 0 aliphatic rings. The quantitative estimate of drug-likeness (QED) is 0.0890. The standard InChI is InChI=1S/C12H8Cl2N2O2.C12H9ClN4O.H4N2/c1-18-9-5-3-2-4-7(9)10(17)8-6-15-12(14)16-11(8)13;1-18-9-5-3-2-4-7(9)10-8-6-14-12(13)15-11(8)17-16-10;1-2/h2-6H,1H3;2-6H,1H3,(H,14,15,16,17);1-2H2. The highest BCUT2D eigenvalue weighted by atomic mass is 35.5. The van der Waals surface area contributed by atoms with E-state index in [-0.39, 0.29) is 27.1 Å². The van der Waals surface area contributed by atoms with Crippen LogP contribution in [0.3, 0.4) is 0 Å². The van der Waals surface area contributed by atoms with Crippen molar-refractivity contribution in [3.05, 3.63) is 87.8 Å². The number of hydrazine groups is 1. The van der Waals surface area contributed by atoms with E-state index in [1.165, 1.54) is 13.3 Å². The van der Waals surface area contributed by atoms with Gasteiger partial charge in [0.15, 0.2) is 5.65 Å². The molecule has 5 N–H and O–H groups in total. The highest BCUT2D eigenvalue weighted by Crippen LogP contribution is 2.32. The lowest BCUT2D eigenvalue weighted by Crippen LogP contribution is -2.06. The summed E-state index contributed by atoms with van der Waals surface area (Å²) in [6.07, 6.45) is 2.95. The number of halogens is 3. The van der Waals surface area contributed by atoms with Gasteiger partial charge in [0.05, 0.1) is 36.4 Å². The Morgan fingerprint density at radius 2 is 1.42 bits per heavy atom. The first-order valence-corrected chi connectivity index (χ1v) is 11.8. The van der Waals surface area contributed by atoms with Crippen LogP contribution in [-0.4, -0.2) is 50.1 Å². The third-order valence-electron chi connectivity index (χ3n) is 4.97. The molecular formula is C24H21Cl3N8O3. The number of nitrogens with two attached hydrogens (primary N) is 2. The van der Waals surface area contributed by atoms with Crippen molar-refractivity contribution in [2.24, 2.45) is 11.7 Å². The zero-order valence-electron chi connectivity index (χ0n) is 20.0. The molecule has 2 aromatic carbocycles. The molecular weight excluding hydrogens is 555 g/mol. The maximum absolute atomic E-state index is 12.3. The minimum Gasteiger partial charge on any atom is -0.496 e. The summed E-state index contributed by atoms with van der Waals surface area (Å²) in [5.41, 5.74) is 2.85. The lowest BCUT2D eigenvalue weighted by atomic mass is 10.1. The normalized spacial score (nSPS) is 10.1. The number of methoxy groups -OCH3 is 2. The summed E-state index contributed by atoms with van der Waals surface area (Å²) in [6, 6.07) is 14.5. The number of nitrogens with zero attached hydrogens (tertiary/aromatic N) is 5. The van der Waals surface area contributed by atoms with Crippen LogP contribution in [0.15, 0.2) is 60.9 Å². The fourth-order valence-electron chi connectivity index (χ4n) is 3.31. The van der Waals surface area contributed by atoms with Crippen LogP contribution in [0.25, 0.3) is 22.3 Å². The molecule has 196 valence electrons. The lowest BCUT2D eigenvalue weighted by Gasteiger charge is -2.07. The number of carbonyl (C=O) groups is 1. The zero-order chi connectivity index (χ0) is 27.7. The number of ether oxygens (including phenoxy) is 2. The number of H-pyrrole nitrogens is 1. The van der Waals surface area contributed by atoms with E-state index in [0.717, 1.165) is 22.4 Å². The molecule has 0 atom stereocenters. The Labute approximate surface area is 232 Å². The molecule has 0 unspecified atom stereocenters. The Balaban J connectivity index is 0.000000198. The van der Waals surface area contributed by atoms with Gasteiger partial charge < -0.3 is 9.47 Å². The van der Waals surface area contributed by atoms with Gasteiger partial charge in [-0.25, -0.2) is 15.0 Å². The number of rotatable bonds is 5. The predicted molar refractivity (Wildman–Crippen MR) is 146 cm³/mol. The van der Waals surface area contributed by atoms with Crippen LogP contribution in [0.1, 0.15) is 15.9 Å². The van der Waals surface area contributed by atoms with Gasteiger partial charge >= 0.3 is 0 Å². The Morgan fingerprint density at radius 3 is 2.11 bits per heavy atom. The number of carbonyl (C=O) groups excluding carboxylic acids is 1. The number of nitrogens with one attached hydrogen (secondary N) is 1. The molecule has 0 saturated heterocycles. The Bertz CT molecular complexity index is 1550. The second-order valence-electron chi connectivity index (χ2n) is 7.05. The van der Waals surface area contributed by atoms with Crippen LogP contribution in [0.4, 0.5) is 0 Å². The number of aromatic amines is 1. The molecule has 38 heavy (non-hydrogen) atoms. The van der Waals surface area contributed by atoms with Crippen LogP contribution < -0.4 is 21.2 Å². The van der Waals surface area contributed by atoms with Gasteiger partial charge in [-0.2, -0.15) is 10.1 Å². The van der Waals surface area contributed by atoms with Crippen molar-refractivity contribution in [2.45, 2.75) is 0 Å². The van der Waals surface area contributed by atoms with Gasteiger partial charge in [-0.15, -0.1) is 0 Å². The minimum atomic E-state index is -0.311. The summed E-state index contributed by atoms with van der Waals surface area (Å²) in [5.74, 6) is 8.92. The third kappa shape index (κ3) is 6.52. The number of hydrogen-bond donors (Lipinski definition) is 3. The SMILES string of the molecule is COc1ccccc1-c1[nH]nc2nc(Cl)ncc12.COc1ccccc1C(=O)c1cnc(Cl)nc1Cl.NN. The van der Waals surface area contributed by atoms with E-state index in [0.29, 0.717) is 17.0 Å². The summed E-state index contributed by atoms with van der Waals surface area (Å²) >= 11 is 17.2. The maximum Gasteiger partial charge on any atom is 0.224 e. The van der Waals surface area contributed by atoms with Gasteiger partial charge in [-0.05, 0) is 47.5 Å². The van der Waals surface area contributed by atoms with E-state index in [1.54, 1.807) is 37.6 Å². The largest absolute Gasteiger partial charge is 0.496 e. The summed E-state index contributed by atoms with van der Waals surface area (Å²) < 4.78 is 10.4. The monoisotopic (exact) mass is 574 g/mol. The number of aromatic nitrogens is 6. The van der Waals surface area contributed by atoms with E-state index in [4.69, 9.17) is 44.3 Å². The molecule has 0 amide bonds. The van der Waals surface area contributed by atoms with Crippen molar-refractivity contribution < 1.29 is 14.3 Å². The molecule has 0 aliphatic carbocycles. The first-order chi connectivity index (χ1) is 18.4. The van der Waals surface area contributed by atoms with E-state index in [1.807, 2.05) is 24.3 Å². The van der Waals surface area contributed by atoms with Gasteiger partial charge in [0.1, 0.15) is 16.7 Å². The Kier molecular flexibility index (Phi) is 10.3. The Morgan fingerprint density at radius 1 is 0.816 bits per heavy atom. The van der Waals surface area contributed by atoms with Crippen molar-refractivity contribution >= 4 is 51.6 Å². The summed E-state index contributed by atoms with van der Waals surface area (Å²) in [7, 11) is 3.12. The van der Waals surface area contributed by atoms with Crippen LogP contribution in [-0.2, 0) is 0 Å². The maximum atomic E-state index is 12.3. The summed E-state index contributed by atoms with van der Waals surface area (Å²) in [5, 5.41) is 8.06. The average Bonchev–Trinajstić information content (AvgIpc) is 3.37. The third-order valence-corrected chi connectivity index (χ3v) is 5.62. The van der Waals surface area contributed by atoms with Crippen molar-refractivity contribution in [1.82, 2.24) is 30.1 Å². The van der Waals surface area contributed by atoms with Crippen molar-refractivity contribution in [3.63, 3.8) is 0 Å². The summed E-state index contributed by atoms with van der Waals surface area (Å²) in [6.45, 7) is 0. The number of hydrogen-bond acceptors (Lipinski definition) is 10. The highest BCUT2D eigenvalue weighted by Gasteiger charge is 2.18. The molecule has 0 aliphatic heterocycles. The summed E-state index contributed by atoms with van der Waals surface area (Å²) in [4.78, 5) is 27.8. The van der Waals surface area contributed by atoms with Crippen LogP contribution >= 0.6 is 34.8 Å². The number of para-hydroxylation sites is 2. The molecule has 0 bridgehead atoms. The van der Waals surface area contributed by atoms with Gasteiger partial charge in [0, 0.05) is 18.0 Å². The van der Waals surface area contributed by atoms with Gasteiger partial charge in [-0.1, -0.05) is 35.9 Å². The molecule has 5 rings (SSSR count). The highest BCUT2D eigenvalue weighted by molar-refractivity contribution is 6.35. The van der Waals surface area contributed by atoms with Crippen LogP contribution in [0, 0.1) is 0 Å². The molecule has 5 aromatic rings. The fraction of sp³-hybridized carbons (Fsp3) is 0.0833. The Hall–Kier alpha value is -3.87. The number of benzene rings is 2. The van der Waals surface area contributed by atoms with Crippen molar-refractivity contribution in [3.8, 4) is 22.8 Å². The van der Waals surface area contributed by atoms with Gasteiger partial charge in [-0.3, -0.25) is 21.6 Å². The van der Waals surface area contributed by atoms with Crippen LogP contribution in [0.2, 0.25) is 15.7 Å². The van der Waals surface area contributed by atoms with E-state index in [9.17, 15) is 4.79 Å². The molecule has 3 heterocycles. The van der Waals surface area contributed by atoms with Crippen molar-refractivity contribution in [1.29, 1.82) is 0 Å². The number of fused-ring (bicyclic) bond motifs is 1. The second kappa shape index (κ2) is 13.6. The molecule has 0 radical (unpaired) electrons. The lowest BCUT2D eigenvalue weighted by molar-refractivity contribution is 0.103. The van der Waals surface area contributed by atoms with Crippen LogP contribution in [0.5, 0.6) is 11.5 Å². The molecule has 0 fully saturated rings. The molecule has 14 heteroatoms. The first-order valence-electron chi connectivity index (χ1n) is 10.6. The fourth-order valence-corrected chi connectivity index (χ4v) is 3.83. The zero-order valence-corrected chi connectivity index (χ0v) is 22.3. The van der Waals surface area contributed by atoms with E-state index >= 15 is 0 Å². The molecule has 0 saturated carbocycles. The predicted octanol–water partition coefficient (Wildman–Crippen LogP) is 4.52. The van der Waals surface area contributed by atoms with E-state index < -0.39 is 0 Å². The van der Waals surface area contributed by atoms with Gasteiger partial charge in [0.25, 0.3) is 0 Å². The topological polar surface area (TPSA) is 168 Å². The smallest absolute Gasteiger partial charge is 0.224 e. The minimum absolute atomic E-state index is 0.00317. The average molecular weight is 576 g/mol. The molecule has 3 aromatic heterocycles.